The van der Waals surface area contributed by atoms with E-state index in [0.29, 0.717) is 44.3 Å². The van der Waals surface area contributed by atoms with E-state index in [2.05, 4.69) is 5.32 Å². The molecular weight excluding hydrogens is 332 g/mol. The van der Waals surface area contributed by atoms with E-state index in [-0.39, 0.29) is 5.69 Å². The molecule has 1 aliphatic heterocycles. The van der Waals surface area contributed by atoms with E-state index in [4.69, 9.17) is 0 Å². The Kier molecular flexibility index (Phi) is 5.66. The van der Waals surface area contributed by atoms with E-state index in [0.717, 1.165) is 5.69 Å². The minimum absolute atomic E-state index is 0.0502. The molecule has 1 fully saturated rings. The van der Waals surface area contributed by atoms with Gasteiger partial charge in [-0.25, -0.2) is 8.42 Å². The summed E-state index contributed by atoms with van der Waals surface area (Å²) in [7, 11) is -3.17. The third-order valence-electron chi connectivity index (χ3n) is 3.95. The number of nitro groups is 1. The summed E-state index contributed by atoms with van der Waals surface area (Å²) in [6, 6.07) is 4.99. The van der Waals surface area contributed by atoms with Crippen LogP contribution in [0.5, 0.6) is 0 Å². The number of rotatable bonds is 6. The monoisotopic (exact) mass is 356 g/mol. The molecule has 9 heteroatoms. The van der Waals surface area contributed by atoms with Crippen molar-refractivity contribution in [1.29, 1.82) is 0 Å². The standard InChI is InChI=1S/C15H24N4O4S/c1-12(2)11-16-14-10-13(4-5-15(14)19(20)21)17-6-8-18(9-7-17)24(3,22)23/h4-5,10,12,16H,6-9,11H2,1-3H3. The van der Waals surface area contributed by atoms with Crippen LogP contribution in [0.2, 0.25) is 0 Å². The largest absolute Gasteiger partial charge is 0.379 e. The van der Waals surface area contributed by atoms with E-state index in [1.54, 1.807) is 12.1 Å². The lowest BCUT2D eigenvalue weighted by atomic mass is 10.2. The minimum Gasteiger partial charge on any atom is -0.379 e. The van der Waals surface area contributed by atoms with Gasteiger partial charge in [0.05, 0.1) is 11.2 Å². The number of anilines is 2. The van der Waals surface area contributed by atoms with Crippen molar-refractivity contribution < 1.29 is 13.3 Å². The zero-order chi connectivity index (χ0) is 17.9. The summed E-state index contributed by atoms with van der Waals surface area (Å²) in [6.45, 7) is 6.69. The Bertz CT molecular complexity index is 697. The molecule has 0 spiro atoms. The Balaban J connectivity index is 2.16. The van der Waals surface area contributed by atoms with Gasteiger partial charge >= 0.3 is 0 Å². The molecule has 0 atom stereocenters. The molecule has 1 aliphatic rings. The van der Waals surface area contributed by atoms with Crippen LogP contribution in [-0.4, -0.2) is 56.6 Å². The van der Waals surface area contributed by atoms with Crippen molar-refractivity contribution in [2.45, 2.75) is 13.8 Å². The van der Waals surface area contributed by atoms with Crippen LogP contribution in [-0.2, 0) is 10.0 Å². The number of nitro benzene ring substituents is 1. The molecule has 2 rings (SSSR count). The maximum absolute atomic E-state index is 11.6. The first-order chi connectivity index (χ1) is 11.2. The average Bonchev–Trinajstić information content (AvgIpc) is 2.51. The van der Waals surface area contributed by atoms with Gasteiger partial charge in [0.15, 0.2) is 0 Å². The fraction of sp³-hybridized carbons (Fsp3) is 0.600. The zero-order valence-electron chi connectivity index (χ0n) is 14.2. The summed E-state index contributed by atoms with van der Waals surface area (Å²) in [5, 5.41) is 14.3. The summed E-state index contributed by atoms with van der Waals surface area (Å²) < 4.78 is 24.6. The van der Waals surface area contributed by atoms with E-state index in [1.807, 2.05) is 18.7 Å². The highest BCUT2D eigenvalue weighted by Gasteiger charge is 2.24. The van der Waals surface area contributed by atoms with Gasteiger partial charge in [0.2, 0.25) is 10.0 Å². The zero-order valence-corrected chi connectivity index (χ0v) is 15.0. The van der Waals surface area contributed by atoms with Crippen LogP contribution in [0.1, 0.15) is 13.8 Å². The minimum atomic E-state index is -3.17. The summed E-state index contributed by atoms with van der Waals surface area (Å²) in [5.41, 5.74) is 1.41. The fourth-order valence-corrected chi connectivity index (χ4v) is 3.44. The molecule has 134 valence electrons. The van der Waals surface area contributed by atoms with Crippen LogP contribution in [0, 0.1) is 16.0 Å². The molecule has 0 saturated carbocycles. The van der Waals surface area contributed by atoms with Crippen molar-refractivity contribution in [3.05, 3.63) is 28.3 Å². The molecule has 0 unspecified atom stereocenters. The Morgan fingerprint density at radius 3 is 2.38 bits per heavy atom. The molecule has 0 aromatic heterocycles. The molecule has 8 nitrogen and oxygen atoms in total. The Labute approximate surface area is 142 Å². The van der Waals surface area contributed by atoms with Gasteiger partial charge in [-0.2, -0.15) is 4.31 Å². The van der Waals surface area contributed by atoms with Crippen LogP contribution in [0.3, 0.4) is 0 Å². The quantitative estimate of drug-likeness (QED) is 0.616. The molecule has 0 aliphatic carbocycles. The number of piperazine rings is 1. The summed E-state index contributed by atoms with van der Waals surface area (Å²) in [6.07, 6.45) is 1.21. The Morgan fingerprint density at radius 1 is 1.25 bits per heavy atom. The van der Waals surface area contributed by atoms with Gasteiger partial charge in [-0.05, 0) is 18.1 Å². The van der Waals surface area contributed by atoms with Crippen molar-refractivity contribution >= 4 is 27.1 Å². The molecule has 0 amide bonds. The number of hydrogen-bond acceptors (Lipinski definition) is 6. The lowest BCUT2D eigenvalue weighted by Gasteiger charge is -2.34. The summed E-state index contributed by atoms with van der Waals surface area (Å²) in [5.74, 6) is 0.367. The fourth-order valence-electron chi connectivity index (χ4n) is 2.61. The summed E-state index contributed by atoms with van der Waals surface area (Å²) >= 11 is 0. The van der Waals surface area contributed by atoms with Gasteiger partial charge in [-0.1, -0.05) is 13.8 Å². The number of hydrogen-bond donors (Lipinski definition) is 1. The predicted octanol–water partition coefficient (Wildman–Crippen LogP) is 1.74. The molecule has 0 radical (unpaired) electrons. The molecule has 24 heavy (non-hydrogen) atoms. The number of nitrogens with one attached hydrogen (secondary N) is 1. The lowest BCUT2D eigenvalue weighted by molar-refractivity contribution is -0.383. The number of sulfonamides is 1. The van der Waals surface area contributed by atoms with Crippen LogP contribution >= 0.6 is 0 Å². The van der Waals surface area contributed by atoms with Crippen LogP contribution in [0.4, 0.5) is 17.1 Å². The number of nitrogens with zero attached hydrogens (tertiary/aromatic N) is 3. The SMILES string of the molecule is CC(C)CNc1cc(N2CCN(S(C)(=O)=O)CC2)ccc1[N+](=O)[O-]. The maximum Gasteiger partial charge on any atom is 0.292 e. The van der Waals surface area contributed by atoms with Gasteiger partial charge in [0, 0.05) is 44.5 Å². The Morgan fingerprint density at radius 2 is 1.88 bits per heavy atom. The van der Waals surface area contributed by atoms with Crippen molar-refractivity contribution in [2.75, 3.05) is 49.2 Å². The second kappa shape index (κ2) is 7.35. The van der Waals surface area contributed by atoms with Gasteiger partial charge < -0.3 is 10.2 Å². The van der Waals surface area contributed by atoms with Crippen molar-refractivity contribution in [2.24, 2.45) is 5.92 Å². The van der Waals surface area contributed by atoms with Crippen LogP contribution in [0.25, 0.3) is 0 Å². The second-order valence-corrected chi connectivity index (χ2v) is 8.36. The molecule has 0 bridgehead atoms. The maximum atomic E-state index is 11.6. The van der Waals surface area contributed by atoms with E-state index in [1.165, 1.54) is 16.6 Å². The predicted molar refractivity (Wildman–Crippen MR) is 95.1 cm³/mol. The van der Waals surface area contributed by atoms with E-state index >= 15 is 0 Å². The third-order valence-corrected chi connectivity index (χ3v) is 5.25. The first-order valence-corrected chi connectivity index (χ1v) is 9.75. The van der Waals surface area contributed by atoms with Crippen molar-refractivity contribution in [3.63, 3.8) is 0 Å². The van der Waals surface area contributed by atoms with Gasteiger partial charge in [0.1, 0.15) is 5.69 Å². The number of benzene rings is 1. The average molecular weight is 356 g/mol. The Hall–Kier alpha value is -1.87. The molecule has 1 aromatic rings. The second-order valence-electron chi connectivity index (χ2n) is 6.38. The molecule has 1 saturated heterocycles. The first kappa shape index (κ1) is 18.5. The molecule has 1 aromatic carbocycles. The van der Waals surface area contributed by atoms with Crippen LogP contribution in [0.15, 0.2) is 18.2 Å². The molecule has 1 N–H and O–H groups in total. The van der Waals surface area contributed by atoms with Crippen LogP contribution < -0.4 is 10.2 Å². The van der Waals surface area contributed by atoms with E-state index < -0.39 is 14.9 Å². The van der Waals surface area contributed by atoms with Gasteiger partial charge in [0.25, 0.3) is 5.69 Å². The molecular formula is C15H24N4O4S. The van der Waals surface area contributed by atoms with Gasteiger partial charge in [-0.3, -0.25) is 10.1 Å². The lowest BCUT2D eigenvalue weighted by Crippen LogP contribution is -2.48. The normalized spacial score (nSPS) is 16.4. The molecule has 1 heterocycles. The highest BCUT2D eigenvalue weighted by molar-refractivity contribution is 7.88. The van der Waals surface area contributed by atoms with Crippen molar-refractivity contribution in [3.8, 4) is 0 Å². The van der Waals surface area contributed by atoms with Gasteiger partial charge in [-0.15, -0.1) is 0 Å². The first-order valence-electron chi connectivity index (χ1n) is 7.91. The highest BCUT2D eigenvalue weighted by Crippen LogP contribution is 2.30. The smallest absolute Gasteiger partial charge is 0.292 e. The van der Waals surface area contributed by atoms with Crippen molar-refractivity contribution in [1.82, 2.24) is 4.31 Å². The van der Waals surface area contributed by atoms with E-state index in [9.17, 15) is 18.5 Å². The summed E-state index contributed by atoms with van der Waals surface area (Å²) in [4.78, 5) is 12.8. The third kappa shape index (κ3) is 4.57. The topological polar surface area (TPSA) is 95.8 Å². The highest BCUT2D eigenvalue weighted by atomic mass is 32.2.